The minimum atomic E-state index is -1.13. The fourth-order valence-electron chi connectivity index (χ4n) is 3.38. The van der Waals surface area contributed by atoms with Crippen LogP contribution in [0.5, 0.6) is 5.88 Å². The average Bonchev–Trinajstić information content (AvgIpc) is 3.25. The summed E-state index contributed by atoms with van der Waals surface area (Å²) in [5.41, 5.74) is 7.21. The predicted octanol–water partition coefficient (Wildman–Crippen LogP) is 1.48. The second-order valence-corrected chi connectivity index (χ2v) is 7.92. The standard InChI is InChI=1S/C22H23N7O3/c1-22(2,32)6-4-14-10-15-16(17-5-7-24-20(23)26-17)12-28(18(15)11-25-14)8-3-9-29-13-19(30)27-21(29)31/h5,7,10-13,30,32H,3,8-9H2,1-2H3,(H,27,31)(H2,23,24,26). The SMILES string of the molecule is CC(C)(O)C#Cc1cc2c(-c3ccnc(N)n3)cn(CCCn3cc(O)[nH]c3=O)c2cn1. The molecule has 0 fully saturated rings. The van der Waals surface area contributed by atoms with Gasteiger partial charge < -0.3 is 20.5 Å². The van der Waals surface area contributed by atoms with Gasteiger partial charge in [0.15, 0.2) is 0 Å². The molecule has 0 saturated carbocycles. The number of fused-ring (bicyclic) bond motifs is 1. The first kappa shape index (κ1) is 21.1. The first-order valence-corrected chi connectivity index (χ1v) is 10.0. The average molecular weight is 433 g/mol. The highest BCUT2D eigenvalue weighted by atomic mass is 16.3. The molecular formula is C22H23N7O3. The molecule has 4 heterocycles. The number of nitrogens with two attached hydrogens (primary N) is 1. The minimum absolute atomic E-state index is 0.158. The number of H-pyrrole nitrogens is 1. The Bertz CT molecular complexity index is 1400. The molecule has 32 heavy (non-hydrogen) atoms. The Kier molecular flexibility index (Phi) is 5.42. The van der Waals surface area contributed by atoms with Gasteiger partial charge in [-0.2, -0.15) is 0 Å². The van der Waals surface area contributed by atoms with Crippen LogP contribution in [0, 0.1) is 11.8 Å². The van der Waals surface area contributed by atoms with Crippen LogP contribution in [0.3, 0.4) is 0 Å². The Labute approximate surface area is 183 Å². The van der Waals surface area contributed by atoms with E-state index in [1.807, 2.05) is 16.8 Å². The predicted molar refractivity (Wildman–Crippen MR) is 120 cm³/mol. The van der Waals surface area contributed by atoms with Crippen molar-refractivity contribution in [1.29, 1.82) is 0 Å². The molecule has 4 aromatic rings. The van der Waals surface area contributed by atoms with Gasteiger partial charge in [0, 0.05) is 36.4 Å². The maximum absolute atomic E-state index is 11.8. The van der Waals surface area contributed by atoms with Gasteiger partial charge in [-0.1, -0.05) is 5.92 Å². The topological polar surface area (TPSA) is 148 Å². The van der Waals surface area contributed by atoms with E-state index in [9.17, 15) is 15.0 Å². The van der Waals surface area contributed by atoms with Crippen molar-refractivity contribution < 1.29 is 10.2 Å². The van der Waals surface area contributed by atoms with Crippen LogP contribution < -0.4 is 11.4 Å². The van der Waals surface area contributed by atoms with Crippen molar-refractivity contribution in [2.45, 2.75) is 39.0 Å². The van der Waals surface area contributed by atoms with Crippen molar-refractivity contribution in [3.05, 3.63) is 53.1 Å². The van der Waals surface area contributed by atoms with Crippen LogP contribution in [0.1, 0.15) is 26.0 Å². The molecule has 0 bridgehead atoms. The van der Waals surface area contributed by atoms with Crippen molar-refractivity contribution in [3.8, 4) is 29.0 Å². The summed E-state index contributed by atoms with van der Waals surface area (Å²) in [6.07, 6.45) is 7.31. The van der Waals surface area contributed by atoms with Crippen LogP contribution in [0.2, 0.25) is 0 Å². The first-order valence-electron chi connectivity index (χ1n) is 10.0. The second kappa shape index (κ2) is 8.20. The Morgan fingerprint density at radius 2 is 2.00 bits per heavy atom. The summed E-state index contributed by atoms with van der Waals surface area (Å²) in [6, 6.07) is 3.63. The maximum atomic E-state index is 11.8. The molecule has 0 radical (unpaired) electrons. The Morgan fingerprint density at radius 1 is 1.22 bits per heavy atom. The number of pyridine rings is 1. The third-order valence-corrected chi connectivity index (χ3v) is 4.79. The Morgan fingerprint density at radius 3 is 2.69 bits per heavy atom. The van der Waals surface area contributed by atoms with Crippen molar-refractivity contribution in [3.63, 3.8) is 0 Å². The van der Waals surface area contributed by atoms with Crippen molar-refractivity contribution in [2.24, 2.45) is 0 Å². The normalized spacial score (nSPS) is 11.5. The number of nitrogens with zero attached hydrogens (tertiary/aromatic N) is 5. The van der Waals surface area contributed by atoms with Gasteiger partial charge in [-0.3, -0.25) is 9.55 Å². The van der Waals surface area contributed by atoms with Crippen LogP contribution in [0.4, 0.5) is 5.95 Å². The van der Waals surface area contributed by atoms with Gasteiger partial charge in [0.05, 0.1) is 23.6 Å². The van der Waals surface area contributed by atoms with Gasteiger partial charge >= 0.3 is 5.69 Å². The molecule has 0 saturated heterocycles. The number of hydrogen-bond donors (Lipinski definition) is 4. The van der Waals surface area contributed by atoms with Crippen molar-refractivity contribution in [1.82, 2.24) is 29.1 Å². The zero-order valence-corrected chi connectivity index (χ0v) is 17.7. The van der Waals surface area contributed by atoms with E-state index in [0.29, 0.717) is 30.9 Å². The third kappa shape index (κ3) is 4.63. The quantitative estimate of drug-likeness (QED) is 0.348. The molecule has 4 rings (SSSR count). The fourth-order valence-corrected chi connectivity index (χ4v) is 3.38. The van der Waals surface area contributed by atoms with Gasteiger partial charge in [-0.15, -0.1) is 0 Å². The van der Waals surface area contributed by atoms with Gasteiger partial charge in [-0.05, 0) is 38.3 Å². The number of hydrogen-bond acceptors (Lipinski definition) is 7. The Hall–Kier alpha value is -4.10. The number of nitrogens with one attached hydrogen (secondary N) is 1. The van der Waals surface area contributed by atoms with E-state index in [1.54, 1.807) is 32.3 Å². The largest absolute Gasteiger partial charge is 0.493 e. The lowest BCUT2D eigenvalue weighted by Crippen LogP contribution is -2.17. The molecule has 0 aliphatic heterocycles. The summed E-state index contributed by atoms with van der Waals surface area (Å²) in [4.78, 5) is 26.8. The monoisotopic (exact) mass is 433 g/mol. The lowest BCUT2D eigenvalue weighted by molar-refractivity contribution is 0.143. The molecule has 0 amide bonds. The van der Waals surface area contributed by atoms with Crippen molar-refractivity contribution in [2.75, 3.05) is 5.73 Å². The lowest BCUT2D eigenvalue weighted by atomic mass is 10.1. The third-order valence-electron chi connectivity index (χ3n) is 4.79. The molecule has 5 N–H and O–H groups in total. The summed E-state index contributed by atoms with van der Waals surface area (Å²) in [7, 11) is 0. The maximum Gasteiger partial charge on any atom is 0.328 e. The number of aromatic amines is 1. The van der Waals surface area contributed by atoms with Crippen molar-refractivity contribution >= 4 is 16.9 Å². The molecule has 0 unspecified atom stereocenters. The number of aromatic nitrogens is 6. The lowest BCUT2D eigenvalue weighted by Gasteiger charge is -2.06. The van der Waals surface area contributed by atoms with Gasteiger partial charge in [-0.25, -0.2) is 19.7 Å². The molecule has 0 atom stereocenters. The van der Waals surface area contributed by atoms with E-state index in [-0.39, 0.29) is 17.5 Å². The number of aliphatic hydroxyl groups is 1. The van der Waals surface area contributed by atoms with E-state index < -0.39 is 5.60 Å². The minimum Gasteiger partial charge on any atom is -0.493 e. The highest BCUT2D eigenvalue weighted by Crippen LogP contribution is 2.30. The van der Waals surface area contributed by atoms with E-state index in [2.05, 4.69) is 31.8 Å². The zero-order chi connectivity index (χ0) is 22.9. The summed E-state index contributed by atoms with van der Waals surface area (Å²) < 4.78 is 3.45. The van der Waals surface area contributed by atoms with Crippen LogP contribution in [0.25, 0.3) is 22.2 Å². The Balaban J connectivity index is 1.71. The highest BCUT2D eigenvalue weighted by Gasteiger charge is 2.14. The van der Waals surface area contributed by atoms with E-state index >= 15 is 0 Å². The van der Waals surface area contributed by atoms with E-state index in [0.717, 1.165) is 16.5 Å². The molecule has 0 aliphatic carbocycles. The zero-order valence-electron chi connectivity index (χ0n) is 17.7. The van der Waals surface area contributed by atoms with Crippen LogP contribution in [0.15, 0.2) is 41.7 Å². The van der Waals surface area contributed by atoms with Gasteiger partial charge in [0.1, 0.15) is 11.3 Å². The number of rotatable bonds is 5. The number of nitrogen functional groups attached to an aromatic ring is 1. The molecule has 10 heteroatoms. The van der Waals surface area contributed by atoms with E-state index in [4.69, 9.17) is 5.73 Å². The van der Waals surface area contributed by atoms with E-state index in [1.165, 1.54) is 10.8 Å². The number of aryl methyl sites for hydroxylation is 2. The smallest absolute Gasteiger partial charge is 0.328 e. The number of aromatic hydroxyl groups is 1. The molecule has 164 valence electrons. The number of anilines is 1. The molecule has 0 aliphatic rings. The first-order chi connectivity index (χ1) is 15.2. The fraction of sp³-hybridized carbons (Fsp3) is 0.273. The highest BCUT2D eigenvalue weighted by molar-refractivity contribution is 5.95. The molecular weight excluding hydrogens is 410 g/mol. The van der Waals surface area contributed by atoms with Crippen LogP contribution in [-0.4, -0.2) is 44.9 Å². The summed E-state index contributed by atoms with van der Waals surface area (Å²) >= 11 is 0. The summed E-state index contributed by atoms with van der Waals surface area (Å²) in [5, 5.41) is 20.2. The van der Waals surface area contributed by atoms with Crippen LogP contribution in [-0.2, 0) is 13.1 Å². The molecule has 0 spiro atoms. The molecule has 0 aromatic carbocycles. The van der Waals surface area contributed by atoms with Crippen LogP contribution >= 0.6 is 0 Å². The summed E-state index contributed by atoms with van der Waals surface area (Å²) in [6.45, 7) is 4.26. The van der Waals surface area contributed by atoms with Gasteiger partial charge in [0.2, 0.25) is 11.8 Å². The second-order valence-electron chi connectivity index (χ2n) is 7.92. The summed E-state index contributed by atoms with van der Waals surface area (Å²) in [5.74, 6) is 5.69. The molecule has 4 aromatic heterocycles. The van der Waals surface area contributed by atoms with Gasteiger partial charge in [0.25, 0.3) is 0 Å². The molecule has 10 nitrogen and oxygen atoms in total. The number of imidazole rings is 1.